The minimum Gasteiger partial charge on any atom is -0.311 e. The molecule has 8 heteroatoms. The van der Waals surface area contributed by atoms with Crippen LogP contribution in [0, 0.1) is 0 Å². The van der Waals surface area contributed by atoms with Crippen LogP contribution in [0.4, 0.5) is 5.69 Å². The summed E-state index contributed by atoms with van der Waals surface area (Å²) in [6, 6.07) is 13.1. The Morgan fingerprint density at radius 1 is 1.08 bits per heavy atom. The Labute approximate surface area is 151 Å². The zero-order valence-corrected chi connectivity index (χ0v) is 15.2. The number of para-hydroxylation sites is 1. The molecule has 0 aliphatic rings. The molecular formula is C16H16Cl2N2O3S. The van der Waals surface area contributed by atoms with Crippen LogP contribution in [0.5, 0.6) is 0 Å². The summed E-state index contributed by atoms with van der Waals surface area (Å²) in [5, 5.41) is 0.441. The number of halogens is 2. The summed E-state index contributed by atoms with van der Waals surface area (Å²) in [4.78, 5) is 13.3. The van der Waals surface area contributed by atoms with Gasteiger partial charge in [0.25, 0.3) is 0 Å². The average Bonchev–Trinajstić information content (AvgIpc) is 2.54. The summed E-state index contributed by atoms with van der Waals surface area (Å²) >= 11 is 11.6. The predicted molar refractivity (Wildman–Crippen MR) is 96.1 cm³/mol. The maximum Gasteiger partial charge on any atom is 0.240 e. The highest BCUT2D eigenvalue weighted by Crippen LogP contribution is 2.24. The Balaban J connectivity index is 2.06. The number of benzene rings is 2. The van der Waals surface area contributed by atoms with E-state index in [4.69, 9.17) is 23.2 Å². The van der Waals surface area contributed by atoms with Crippen LogP contribution in [0.25, 0.3) is 0 Å². The predicted octanol–water partition coefficient (Wildman–Crippen LogP) is 3.32. The molecule has 0 aliphatic carbocycles. The van der Waals surface area contributed by atoms with Gasteiger partial charge in [-0.2, -0.15) is 0 Å². The molecule has 2 aromatic carbocycles. The standard InChI is InChI=1S/C16H16Cl2N2O3S/c1-12(21)20(13-5-3-2-4-6-13)10-9-19-24(22,23)14-7-8-15(17)16(18)11-14/h2-8,11,19H,9-10H2,1H3. The third-order valence-corrected chi connectivity index (χ3v) is 5.47. The fraction of sp³-hybridized carbons (Fsp3) is 0.188. The SMILES string of the molecule is CC(=O)N(CCNS(=O)(=O)c1ccc(Cl)c(Cl)c1)c1ccccc1. The highest BCUT2D eigenvalue weighted by molar-refractivity contribution is 7.89. The molecule has 2 rings (SSSR count). The van der Waals surface area contributed by atoms with Gasteiger partial charge in [0.1, 0.15) is 0 Å². The first-order valence-corrected chi connectivity index (χ1v) is 9.33. The van der Waals surface area contributed by atoms with E-state index in [1.807, 2.05) is 18.2 Å². The molecule has 0 aliphatic heterocycles. The lowest BCUT2D eigenvalue weighted by Crippen LogP contribution is -2.37. The maximum absolute atomic E-state index is 12.3. The van der Waals surface area contributed by atoms with Gasteiger partial charge in [0.2, 0.25) is 15.9 Å². The quantitative estimate of drug-likeness (QED) is 0.827. The molecule has 1 amide bonds. The molecule has 2 aromatic rings. The van der Waals surface area contributed by atoms with Gasteiger partial charge in [0.05, 0.1) is 14.9 Å². The number of amides is 1. The lowest BCUT2D eigenvalue weighted by molar-refractivity contribution is -0.116. The molecule has 0 unspecified atom stereocenters. The van der Waals surface area contributed by atoms with Gasteiger partial charge in [0, 0.05) is 25.7 Å². The first-order chi connectivity index (χ1) is 11.3. The van der Waals surface area contributed by atoms with Crippen molar-refractivity contribution in [3.05, 3.63) is 58.6 Å². The number of nitrogens with one attached hydrogen (secondary N) is 1. The topological polar surface area (TPSA) is 66.5 Å². The summed E-state index contributed by atoms with van der Waals surface area (Å²) in [5.74, 6) is -0.171. The largest absolute Gasteiger partial charge is 0.311 e. The molecule has 0 saturated carbocycles. The highest BCUT2D eigenvalue weighted by atomic mass is 35.5. The van der Waals surface area contributed by atoms with Crippen molar-refractivity contribution in [2.45, 2.75) is 11.8 Å². The van der Waals surface area contributed by atoms with E-state index in [1.165, 1.54) is 30.0 Å². The van der Waals surface area contributed by atoms with Crippen LogP contribution in [0.15, 0.2) is 53.4 Å². The molecule has 24 heavy (non-hydrogen) atoms. The second kappa shape index (κ2) is 7.98. The first kappa shape index (κ1) is 18.7. The fourth-order valence-electron chi connectivity index (χ4n) is 2.10. The average molecular weight is 387 g/mol. The van der Waals surface area contributed by atoms with Crippen molar-refractivity contribution in [3.8, 4) is 0 Å². The van der Waals surface area contributed by atoms with E-state index in [2.05, 4.69) is 4.72 Å². The Morgan fingerprint density at radius 2 is 1.75 bits per heavy atom. The van der Waals surface area contributed by atoms with Gasteiger partial charge in [-0.1, -0.05) is 41.4 Å². The monoisotopic (exact) mass is 386 g/mol. The molecule has 1 N–H and O–H groups in total. The summed E-state index contributed by atoms with van der Waals surface area (Å²) in [5.41, 5.74) is 0.707. The number of rotatable bonds is 6. The molecule has 128 valence electrons. The van der Waals surface area contributed by atoms with E-state index in [-0.39, 0.29) is 33.9 Å². The smallest absolute Gasteiger partial charge is 0.240 e. The first-order valence-electron chi connectivity index (χ1n) is 7.09. The van der Waals surface area contributed by atoms with Gasteiger partial charge in [-0.3, -0.25) is 4.79 Å². The molecule has 0 fully saturated rings. The number of carbonyl (C=O) groups is 1. The molecule has 0 atom stereocenters. The van der Waals surface area contributed by atoms with Gasteiger partial charge in [-0.25, -0.2) is 13.1 Å². The molecule has 0 aromatic heterocycles. The third kappa shape index (κ3) is 4.70. The Morgan fingerprint density at radius 3 is 2.33 bits per heavy atom. The van der Waals surface area contributed by atoms with Crippen molar-refractivity contribution in [2.24, 2.45) is 0 Å². The lowest BCUT2D eigenvalue weighted by atomic mass is 10.3. The van der Waals surface area contributed by atoms with Gasteiger partial charge in [-0.15, -0.1) is 0 Å². The summed E-state index contributed by atoms with van der Waals surface area (Å²) < 4.78 is 27.0. The van der Waals surface area contributed by atoms with Crippen molar-refractivity contribution in [3.63, 3.8) is 0 Å². The van der Waals surface area contributed by atoms with Crippen molar-refractivity contribution in [2.75, 3.05) is 18.0 Å². The second-order valence-electron chi connectivity index (χ2n) is 4.98. The summed E-state index contributed by atoms with van der Waals surface area (Å²) in [7, 11) is -3.73. The Kier molecular flexibility index (Phi) is 6.23. The van der Waals surface area contributed by atoms with Gasteiger partial charge < -0.3 is 4.90 Å². The van der Waals surface area contributed by atoms with Gasteiger partial charge in [0.15, 0.2) is 0 Å². The normalized spacial score (nSPS) is 11.3. The molecule has 0 saturated heterocycles. The zero-order chi connectivity index (χ0) is 17.7. The Bertz CT molecular complexity index is 826. The fourth-order valence-corrected chi connectivity index (χ4v) is 3.51. The minimum atomic E-state index is -3.73. The van der Waals surface area contributed by atoms with E-state index in [0.29, 0.717) is 5.69 Å². The summed E-state index contributed by atoms with van der Waals surface area (Å²) in [6.07, 6.45) is 0. The minimum absolute atomic E-state index is 0.0194. The van der Waals surface area contributed by atoms with Crippen LogP contribution in [0.2, 0.25) is 10.0 Å². The van der Waals surface area contributed by atoms with E-state index in [0.717, 1.165) is 0 Å². The number of sulfonamides is 1. The van der Waals surface area contributed by atoms with Crippen LogP contribution >= 0.6 is 23.2 Å². The molecule has 0 bridgehead atoms. The maximum atomic E-state index is 12.3. The molecule has 0 spiro atoms. The van der Waals surface area contributed by atoms with E-state index in [1.54, 1.807) is 12.1 Å². The highest BCUT2D eigenvalue weighted by Gasteiger charge is 2.17. The third-order valence-electron chi connectivity index (χ3n) is 3.28. The zero-order valence-electron chi connectivity index (χ0n) is 12.9. The number of hydrogen-bond donors (Lipinski definition) is 1. The van der Waals surface area contributed by atoms with E-state index < -0.39 is 10.0 Å². The van der Waals surface area contributed by atoms with Gasteiger partial charge >= 0.3 is 0 Å². The summed E-state index contributed by atoms with van der Waals surface area (Å²) in [6.45, 7) is 1.71. The van der Waals surface area contributed by atoms with E-state index in [9.17, 15) is 13.2 Å². The van der Waals surface area contributed by atoms with Crippen molar-refractivity contribution in [1.29, 1.82) is 0 Å². The molecule has 5 nitrogen and oxygen atoms in total. The van der Waals surface area contributed by atoms with Crippen molar-refractivity contribution in [1.82, 2.24) is 4.72 Å². The van der Waals surface area contributed by atoms with E-state index >= 15 is 0 Å². The van der Waals surface area contributed by atoms with Crippen LogP contribution in [0.1, 0.15) is 6.92 Å². The number of hydrogen-bond acceptors (Lipinski definition) is 3. The Hall–Kier alpha value is -1.60. The van der Waals surface area contributed by atoms with Crippen molar-refractivity contribution < 1.29 is 13.2 Å². The number of carbonyl (C=O) groups excluding carboxylic acids is 1. The van der Waals surface area contributed by atoms with Crippen LogP contribution in [-0.2, 0) is 14.8 Å². The van der Waals surface area contributed by atoms with Crippen LogP contribution in [0.3, 0.4) is 0 Å². The van der Waals surface area contributed by atoms with Crippen LogP contribution < -0.4 is 9.62 Å². The lowest BCUT2D eigenvalue weighted by Gasteiger charge is -2.21. The van der Waals surface area contributed by atoms with Gasteiger partial charge in [-0.05, 0) is 30.3 Å². The molecule has 0 heterocycles. The van der Waals surface area contributed by atoms with Crippen molar-refractivity contribution >= 4 is 44.8 Å². The molecule has 0 radical (unpaired) electrons. The van der Waals surface area contributed by atoms with Crippen LogP contribution in [-0.4, -0.2) is 27.4 Å². The number of anilines is 1. The number of nitrogens with zero attached hydrogens (tertiary/aromatic N) is 1. The second-order valence-corrected chi connectivity index (χ2v) is 7.56. The molecular weight excluding hydrogens is 371 g/mol.